The molecule has 8 nitrogen and oxygen atoms in total. The number of hydrogen-bond acceptors (Lipinski definition) is 5. The Kier molecular flexibility index (Phi) is 6.19. The van der Waals surface area contributed by atoms with Crippen molar-refractivity contribution in [3.8, 4) is 11.4 Å². The molecular formula is C25H28N6O2. The predicted octanol–water partition coefficient (Wildman–Crippen LogP) is 2.62. The summed E-state index contributed by atoms with van der Waals surface area (Å²) in [6.07, 6.45) is 7.66. The summed E-state index contributed by atoms with van der Waals surface area (Å²) in [7, 11) is 0. The summed E-state index contributed by atoms with van der Waals surface area (Å²) in [5.41, 5.74) is 4.38. The van der Waals surface area contributed by atoms with Gasteiger partial charge in [-0.3, -0.25) is 14.7 Å². The Balaban J connectivity index is 1.37. The number of hydrogen-bond donors (Lipinski definition) is 1. The van der Waals surface area contributed by atoms with E-state index in [-0.39, 0.29) is 5.91 Å². The maximum absolute atomic E-state index is 13.1. The van der Waals surface area contributed by atoms with Crippen LogP contribution in [0.1, 0.15) is 21.7 Å². The van der Waals surface area contributed by atoms with E-state index < -0.39 is 0 Å². The van der Waals surface area contributed by atoms with Crippen molar-refractivity contribution >= 4 is 11.4 Å². The molecule has 1 amide bonds. The van der Waals surface area contributed by atoms with Gasteiger partial charge >= 0.3 is 0 Å². The Morgan fingerprint density at radius 1 is 1.18 bits per heavy atom. The van der Waals surface area contributed by atoms with Crippen molar-refractivity contribution in [1.82, 2.24) is 29.2 Å². The molecule has 0 aromatic carbocycles. The van der Waals surface area contributed by atoms with Crippen LogP contribution in [0.3, 0.4) is 0 Å². The van der Waals surface area contributed by atoms with Crippen LogP contribution in [0.15, 0.2) is 61.2 Å². The molecule has 170 valence electrons. The largest absolute Gasteiger partial charge is 0.379 e. The van der Waals surface area contributed by atoms with E-state index in [2.05, 4.69) is 25.8 Å². The molecule has 5 rings (SSSR count). The first kappa shape index (κ1) is 21.4. The molecule has 1 N–H and O–H groups in total. The number of rotatable bonds is 7. The number of ether oxygens (including phenoxy) is 1. The van der Waals surface area contributed by atoms with Gasteiger partial charge in [0.05, 0.1) is 36.5 Å². The second-order valence-corrected chi connectivity index (χ2v) is 8.27. The van der Waals surface area contributed by atoms with E-state index in [1.807, 2.05) is 60.2 Å². The smallest absolute Gasteiger partial charge is 0.253 e. The third kappa shape index (κ3) is 4.67. The highest BCUT2D eigenvalue weighted by molar-refractivity contribution is 6.02. The van der Waals surface area contributed by atoms with E-state index in [1.54, 1.807) is 6.20 Å². The summed E-state index contributed by atoms with van der Waals surface area (Å²) in [4.78, 5) is 24.4. The van der Waals surface area contributed by atoms with Crippen molar-refractivity contribution in [3.05, 3.63) is 78.1 Å². The van der Waals surface area contributed by atoms with Crippen LogP contribution in [0, 0.1) is 6.92 Å². The monoisotopic (exact) mass is 444 g/mol. The number of aryl methyl sites for hydroxylation is 1. The first-order chi connectivity index (χ1) is 16.2. The molecule has 0 unspecified atom stereocenters. The number of carbonyl (C=O) groups is 1. The number of nitrogens with one attached hydrogen (secondary N) is 1. The van der Waals surface area contributed by atoms with Crippen LogP contribution >= 0.6 is 0 Å². The van der Waals surface area contributed by atoms with Gasteiger partial charge in [-0.05, 0) is 36.8 Å². The average molecular weight is 445 g/mol. The first-order valence-electron chi connectivity index (χ1n) is 11.3. The molecule has 4 aromatic heterocycles. The average Bonchev–Trinajstić information content (AvgIpc) is 3.41. The van der Waals surface area contributed by atoms with Gasteiger partial charge in [0.25, 0.3) is 5.91 Å². The minimum Gasteiger partial charge on any atom is -0.379 e. The minimum absolute atomic E-state index is 0.0651. The van der Waals surface area contributed by atoms with E-state index in [4.69, 9.17) is 9.72 Å². The zero-order valence-corrected chi connectivity index (χ0v) is 18.8. The summed E-state index contributed by atoms with van der Waals surface area (Å²) >= 11 is 0. The van der Waals surface area contributed by atoms with Crippen molar-refractivity contribution < 1.29 is 9.53 Å². The number of pyridine rings is 2. The van der Waals surface area contributed by atoms with Crippen molar-refractivity contribution in [2.24, 2.45) is 0 Å². The summed E-state index contributed by atoms with van der Waals surface area (Å²) in [6, 6.07) is 11.8. The molecule has 0 bridgehead atoms. The van der Waals surface area contributed by atoms with Crippen LogP contribution < -0.4 is 5.32 Å². The van der Waals surface area contributed by atoms with Crippen LogP contribution in [0.5, 0.6) is 0 Å². The standard InChI is InChI=1S/C25H28N6O2/c1-19-28-22(18-30(19)17-20-5-4-7-26-16-20)24-15-21(23-6-2-3-9-31(23)24)25(32)27-8-10-29-11-13-33-14-12-29/h2-7,9,15-16,18H,8,10-14,17H2,1H3,(H,27,32). The molecule has 8 heteroatoms. The Hall–Kier alpha value is -3.49. The summed E-state index contributed by atoms with van der Waals surface area (Å²) in [5, 5.41) is 3.09. The second kappa shape index (κ2) is 9.56. The molecule has 33 heavy (non-hydrogen) atoms. The van der Waals surface area contributed by atoms with Gasteiger partial charge in [0.1, 0.15) is 11.5 Å². The van der Waals surface area contributed by atoms with Gasteiger partial charge < -0.3 is 19.0 Å². The molecule has 0 radical (unpaired) electrons. The van der Waals surface area contributed by atoms with Crippen LogP contribution in [0.4, 0.5) is 0 Å². The zero-order valence-electron chi connectivity index (χ0n) is 18.8. The van der Waals surface area contributed by atoms with Gasteiger partial charge in [-0.25, -0.2) is 4.98 Å². The number of morpholine rings is 1. The predicted molar refractivity (Wildman–Crippen MR) is 126 cm³/mol. The quantitative estimate of drug-likeness (QED) is 0.474. The van der Waals surface area contributed by atoms with Crippen LogP contribution in [-0.4, -0.2) is 69.1 Å². The van der Waals surface area contributed by atoms with Gasteiger partial charge in [0.2, 0.25) is 0 Å². The Labute approximate surface area is 192 Å². The third-order valence-electron chi connectivity index (χ3n) is 6.05. The van der Waals surface area contributed by atoms with E-state index in [1.165, 1.54) is 0 Å². The molecular weight excluding hydrogens is 416 g/mol. The number of imidazole rings is 1. The SMILES string of the molecule is Cc1nc(-c2cc(C(=O)NCCN3CCOCC3)c3ccccn23)cn1Cc1cccnc1. The molecule has 1 aliphatic rings. The first-order valence-corrected chi connectivity index (χ1v) is 11.3. The normalized spacial score (nSPS) is 14.6. The number of carbonyl (C=O) groups excluding carboxylic acids is 1. The van der Waals surface area contributed by atoms with Gasteiger partial charge in [0.15, 0.2) is 0 Å². The van der Waals surface area contributed by atoms with E-state index in [0.29, 0.717) is 18.7 Å². The van der Waals surface area contributed by atoms with Gasteiger partial charge in [-0.1, -0.05) is 12.1 Å². The van der Waals surface area contributed by atoms with E-state index in [0.717, 1.165) is 61.1 Å². The van der Waals surface area contributed by atoms with E-state index in [9.17, 15) is 4.79 Å². The van der Waals surface area contributed by atoms with Crippen molar-refractivity contribution in [1.29, 1.82) is 0 Å². The van der Waals surface area contributed by atoms with Gasteiger partial charge in [-0.15, -0.1) is 0 Å². The molecule has 5 heterocycles. The third-order valence-corrected chi connectivity index (χ3v) is 6.05. The Morgan fingerprint density at radius 2 is 2.06 bits per heavy atom. The maximum atomic E-state index is 13.1. The lowest BCUT2D eigenvalue weighted by Gasteiger charge is -2.26. The molecule has 1 aliphatic heterocycles. The minimum atomic E-state index is -0.0651. The van der Waals surface area contributed by atoms with Crippen LogP contribution in [0.2, 0.25) is 0 Å². The fraction of sp³-hybridized carbons (Fsp3) is 0.320. The van der Waals surface area contributed by atoms with Gasteiger partial charge in [-0.2, -0.15) is 0 Å². The van der Waals surface area contributed by atoms with E-state index >= 15 is 0 Å². The lowest BCUT2D eigenvalue weighted by molar-refractivity contribution is 0.0383. The fourth-order valence-corrected chi connectivity index (χ4v) is 4.26. The highest BCUT2D eigenvalue weighted by Crippen LogP contribution is 2.26. The highest BCUT2D eigenvalue weighted by atomic mass is 16.5. The lowest BCUT2D eigenvalue weighted by Crippen LogP contribution is -2.41. The number of aromatic nitrogens is 4. The zero-order chi connectivity index (χ0) is 22.6. The van der Waals surface area contributed by atoms with Crippen molar-refractivity contribution in [2.45, 2.75) is 13.5 Å². The second-order valence-electron chi connectivity index (χ2n) is 8.27. The maximum Gasteiger partial charge on any atom is 0.253 e. The van der Waals surface area contributed by atoms with Crippen LogP contribution in [0.25, 0.3) is 16.9 Å². The number of nitrogens with zero attached hydrogens (tertiary/aromatic N) is 5. The van der Waals surface area contributed by atoms with Crippen molar-refractivity contribution in [3.63, 3.8) is 0 Å². The molecule has 0 saturated carbocycles. The number of amides is 1. The van der Waals surface area contributed by atoms with Gasteiger partial charge in [0, 0.05) is 51.0 Å². The molecule has 0 spiro atoms. The lowest BCUT2D eigenvalue weighted by atomic mass is 10.2. The molecule has 1 saturated heterocycles. The van der Waals surface area contributed by atoms with Crippen molar-refractivity contribution in [2.75, 3.05) is 39.4 Å². The Morgan fingerprint density at radius 3 is 2.88 bits per heavy atom. The summed E-state index contributed by atoms with van der Waals surface area (Å²) < 4.78 is 9.53. The van der Waals surface area contributed by atoms with Crippen LogP contribution in [-0.2, 0) is 11.3 Å². The fourth-order valence-electron chi connectivity index (χ4n) is 4.26. The summed E-state index contributed by atoms with van der Waals surface area (Å²) in [5.74, 6) is 0.848. The topological polar surface area (TPSA) is 76.7 Å². The summed E-state index contributed by atoms with van der Waals surface area (Å²) in [6.45, 7) is 7.47. The molecule has 0 atom stereocenters. The number of fused-ring (bicyclic) bond motifs is 1. The Bertz CT molecular complexity index is 1240. The molecule has 1 fully saturated rings. The molecule has 0 aliphatic carbocycles. The molecule has 4 aromatic rings. The highest BCUT2D eigenvalue weighted by Gasteiger charge is 2.19.